The van der Waals surface area contributed by atoms with Crippen LogP contribution in [0.25, 0.3) is 101 Å². The van der Waals surface area contributed by atoms with Gasteiger partial charge in [-0.2, -0.15) is 10.5 Å². The van der Waals surface area contributed by atoms with Crippen LogP contribution >= 0.6 is 0 Å². The number of aryl methyl sites for hydroxylation is 1. The Morgan fingerprint density at radius 3 is 1.93 bits per heavy atom. The van der Waals surface area contributed by atoms with Gasteiger partial charge in [0.1, 0.15) is 35.0 Å². The second-order valence-electron chi connectivity index (χ2n) is 24.0. The predicted octanol–water partition coefficient (Wildman–Crippen LogP) is 18.2. The first-order valence-corrected chi connectivity index (χ1v) is 28.2. The maximum Gasteiger partial charge on any atom is 0.135 e. The van der Waals surface area contributed by atoms with E-state index < -0.39 is 0 Å². The first-order chi connectivity index (χ1) is 39.0. The monoisotopic (exact) mass is 1030 g/mol. The highest BCUT2D eigenvalue weighted by Crippen LogP contribution is 2.55. The number of hydrogen-bond donors (Lipinski definition) is 0. The first kappa shape index (κ1) is 45.4. The third kappa shape index (κ3) is 6.06. The van der Waals surface area contributed by atoms with Gasteiger partial charge >= 0.3 is 0 Å². The molecule has 11 aromatic rings. The molecule has 3 aromatic heterocycles. The summed E-state index contributed by atoms with van der Waals surface area (Å²) in [5.74, 6) is 3.12. The van der Waals surface area contributed by atoms with Gasteiger partial charge in [-0.1, -0.05) is 119 Å². The summed E-state index contributed by atoms with van der Waals surface area (Å²) in [5, 5.41) is 27.7. The van der Waals surface area contributed by atoms with E-state index in [-0.39, 0.29) is 16.7 Å². The van der Waals surface area contributed by atoms with E-state index >= 15 is 0 Å². The molecular formula is C74H52N4O2. The van der Waals surface area contributed by atoms with Crippen LogP contribution < -0.4 is 4.74 Å². The Hall–Kier alpha value is -9.62. The normalized spacial score (nSPS) is 17.3. The van der Waals surface area contributed by atoms with Crippen molar-refractivity contribution in [3.05, 3.63) is 242 Å². The van der Waals surface area contributed by atoms with Crippen molar-refractivity contribution in [2.45, 2.75) is 76.5 Å². The zero-order valence-corrected chi connectivity index (χ0v) is 45.0. The molecule has 6 heteroatoms. The smallest absolute Gasteiger partial charge is 0.135 e. The van der Waals surface area contributed by atoms with Crippen molar-refractivity contribution >= 4 is 55.8 Å². The van der Waals surface area contributed by atoms with E-state index in [1.165, 1.54) is 77.7 Å². The molecule has 6 aliphatic rings. The quantitative estimate of drug-likeness (QED) is 0.176. The molecule has 380 valence electrons. The molecule has 4 heterocycles. The lowest BCUT2D eigenvalue weighted by molar-refractivity contribution is 0.423. The van der Waals surface area contributed by atoms with Crippen LogP contribution in [0.4, 0.5) is 0 Å². The molecule has 17 rings (SSSR count). The van der Waals surface area contributed by atoms with E-state index in [4.69, 9.17) is 9.15 Å². The summed E-state index contributed by atoms with van der Waals surface area (Å²) < 4.78 is 17.2. The maximum atomic E-state index is 11.6. The predicted molar refractivity (Wildman–Crippen MR) is 322 cm³/mol. The van der Waals surface area contributed by atoms with Crippen molar-refractivity contribution in [2.24, 2.45) is 0 Å². The number of para-hydroxylation sites is 1. The number of benzene rings is 8. The highest BCUT2D eigenvalue weighted by molar-refractivity contribution is 6.13. The minimum absolute atomic E-state index is 0.194. The number of fused-ring (bicyclic) bond motifs is 18. The summed E-state index contributed by atoms with van der Waals surface area (Å²) in [5.41, 5.74) is 25.7. The molecule has 0 N–H and O–H groups in total. The Kier molecular flexibility index (Phi) is 9.08. The largest absolute Gasteiger partial charge is 0.461 e. The van der Waals surface area contributed by atoms with Crippen molar-refractivity contribution in [2.75, 3.05) is 0 Å². The van der Waals surface area contributed by atoms with Gasteiger partial charge in [0.15, 0.2) is 0 Å². The minimum atomic E-state index is -0.261. The minimum Gasteiger partial charge on any atom is -0.461 e. The lowest BCUT2D eigenvalue weighted by Crippen LogP contribution is -2.15. The maximum absolute atomic E-state index is 11.6. The summed E-state index contributed by atoms with van der Waals surface area (Å²) in [4.78, 5) is 0. The third-order valence-electron chi connectivity index (χ3n) is 19.2. The first-order valence-electron chi connectivity index (χ1n) is 28.2. The van der Waals surface area contributed by atoms with E-state index in [2.05, 4.69) is 207 Å². The zero-order chi connectivity index (χ0) is 53.5. The molecule has 8 aromatic carbocycles. The molecule has 1 aliphatic heterocycles. The number of nitriles is 2. The molecule has 1 unspecified atom stereocenters. The second-order valence-corrected chi connectivity index (χ2v) is 24.0. The van der Waals surface area contributed by atoms with Crippen molar-refractivity contribution in [1.82, 2.24) is 9.13 Å². The Labute approximate surface area is 463 Å². The molecule has 0 bridgehead atoms. The SMILES string of the molecule is CC1(C)c2ccccc2-c2cc3c4c(n(-c5cc(C#N)c(-n6c7ccc(-c8ccc9oc%10c(c9c8)CCC=C%10)cc7c7cc8c(cc76)C(C)(C)c6ccccc6-8)cc5C#N)c3cc21)CCC(C1=CC=C2Oc3ccccc3C2C1)=C4. The van der Waals surface area contributed by atoms with Crippen LogP contribution in [-0.2, 0) is 23.7 Å². The molecule has 0 saturated carbocycles. The number of rotatable bonds is 4. The molecule has 0 spiro atoms. The number of hydrogen-bond acceptors (Lipinski definition) is 4. The standard InChI is InChI=1S/C74H52N4O2/c1-73(2)59-17-9-5-13-47(59)51-35-55-53-29-41(43-23-27-71-57(31-43)49-15-7-11-19-69(49)79-71)21-25-63(53)77(67(55)37-61(51)73)65-33-46(40-76)66(34-45(65)39-75)78-64-26-22-42(44-24-28-72-58(32-44)50-16-8-12-20-70(50)80-72)30-54(64)56-36-52-48-14-6-10-18-60(48)74(3,4)62(52)38-68(56)78/h5-7,9-15,17-20,22-24,26-30,32-38,57H,8,16,21,25,31H2,1-4H3. The summed E-state index contributed by atoms with van der Waals surface area (Å²) in [6, 6.07) is 58.3. The summed E-state index contributed by atoms with van der Waals surface area (Å²) in [7, 11) is 0. The summed E-state index contributed by atoms with van der Waals surface area (Å²) >= 11 is 0. The van der Waals surface area contributed by atoms with E-state index in [0.29, 0.717) is 16.8 Å². The lowest BCUT2D eigenvalue weighted by Gasteiger charge is -2.24. The van der Waals surface area contributed by atoms with Gasteiger partial charge in [0.25, 0.3) is 0 Å². The van der Waals surface area contributed by atoms with Gasteiger partial charge in [0.2, 0.25) is 0 Å². The highest BCUT2D eigenvalue weighted by atomic mass is 16.5. The van der Waals surface area contributed by atoms with Crippen LogP contribution in [0.1, 0.15) is 114 Å². The molecule has 1 atom stereocenters. The average Bonchev–Trinajstić information content (AvgIpc) is 4.34. The van der Waals surface area contributed by atoms with Gasteiger partial charge in [0, 0.05) is 60.7 Å². The average molecular weight is 1030 g/mol. The van der Waals surface area contributed by atoms with E-state index in [9.17, 15) is 10.5 Å². The van der Waals surface area contributed by atoms with E-state index in [1.807, 2.05) is 18.2 Å². The van der Waals surface area contributed by atoms with Crippen molar-refractivity contribution in [3.8, 4) is 62.6 Å². The molecule has 0 amide bonds. The van der Waals surface area contributed by atoms with Crippen LogP contribution in [0.15, 0.2) is 185 Å². The van der Waals surface area contributed by atoms with Crippen molar-refractivity contribution < 1.29 is 9.15 Å². The molecule has 0 radical (unpaired) electrons. The van der Waals surface area contributed by atoms with Crippen LogP contribution in [-0.4, -0.2) is 9.13 Å². The van der Waals surface area contributed by atoms with E-state index in [0.717, 1.165) is 110 Å². The second kappa shape index (κ2) is 16.0. The Morgan fingerprint density at radius 1 is 0.550 bits per heavy atom. The Bertz CT molecular complexity index is 4920. The van der Waals surface area contributed by atoms with E-state index in [1.54, 1.807) is 0 Å². The van der Waals surface area contributed by atoms with Crippen LogP contribution in [0.5, 0.6) is 5.75 Å². The number of nitrogens with zero attached hydrogens (tertiary/aromatic N) is 4. The highest BCUT2D eigenvalue weighted by Gasteiger charge is 2.40. The number of allylic oxidation sites excluding steroid dienone is 6. The molecular weight excluding hydrogens is 977 g/mol. The molecule has 6 nitrogen and oxygen atoms in total. The summed E-state index contributed by atoms with van der Waals surface area (Å²) in [6.07, 6.45) is 15.6. The van der Waals surface area contributed by atoms with Gasteiger partial charge in [-0.05, 0) is 184 Å². The fourth-order valence-electron chi connectivity index (χ4n) is 15.2. The number of furan rings is 1. The van der Waals surface area contributed by atoms with Gasteiger partial charge in [-0.3, -0.25) is 0 Å². The molecule has 0 saturated heterocycles. The van der Waals surface area contributed by atoms with Crippen LogP contribution in [0.2, 0.25) is 0 Å². The van der Waals surface area contributed by atoms with Crippen molar-refractivity contribution in [1.29, 1.82) is 10.5 Å². The topological polar surface area (TPSA) is 79.8 Å². The number of aromatic nitrogens is 2. The van der Waals surface area contributed by atoms with Crippen molar-refractivity contribution in [3.63, 3.8) is 0 Å². The summed E-state index contributed by atoms with van der Waals surface area (Å²) in [6.45, 7) is 9.28. The molecule has 5 aliphatic carbocycles. The Morgan fingerprint density at radius 2 is 1.19 bits per heavy atom. The van der Waals surface area contributed by atoms with Gasteiger partial charge < -0.3 is 18.3 Å². The third-order valence-corrected chi connectivity index (χ3v) is 19.2. The zero-order valence-electron chi connectivity index (χ0n) is 45.0. The van der Waals surface area contributed by atoms with Crippen LogP contribution in [0, 0.1) is 22.7 Å². The fourth-order valence-corrected chi connectivity index (χ4v) is 15.2. The number of ether oxygens (including phenoxy) is 1. The van der Waals surface area contributed by atoms with Gasteiger partial charge in [-0.25, -0.2) is 0 Å². The van der Waals surface area contributed by atoms with Gasteiger partial charge in [0.05, 0.1) is 39.1 Å². The van der Waals surface area contributed by atoms with Crippen LogP contribution in [0.3, 0.4) is 0 Å². The Balaban J connectivity index is 0.875. The lowest BCUT2D eigenvalue weighted by atomic mass is 9.81. The molecule has 80 heavy (non-hydrogen) atoms. The van der Waals surface area contributed by atoms with Gasteiger partial charge in [-0.15, -0.1) is 0 Å². The molecule has 0 fully saturated rings. The fraction of sp³-hybridized carbons (Fsp3) is 0.162.